The molecule has 9 rings (SSSR count). The van der Waals surface area contributed by atoms with Crippen LogP contribution in [0.15, 0.2) is 139 Å². The molecule has 0 amide bonds. The van der Waals surface area contributed by atoms with Crippen LogP contribution >= 0.6 is 0 Å². The first-order valence-corrected chi connectivity index (χ1v) is 28.9. The molecule has 279 valence electrons. The molecular weight excluding hydrogens is 855 g/mol. The molecule has 3 aliphatic rings. The van der Waals surface area contributed by atoms with Crippen LogP contribution in [0.5, 0.6) is 0 Å². The average molecular weight is 911 g/mol. The Morgan fingerprint density at radius 3 is 1.41 bits per heavy atom. The van der Waals surface area contributed by atoms with E-state index in [2.05, 4.69) is 167 Å². The molecule has 1 heterocycles. The van der Waals surface area contributed by atoms with Crippen molar-refractivity contribution in [2.75, 3.05) is 0 Å². The number of fused-ring (bicyclic) bond motifs is 5. The number of rotatable bonds is 13. The van der Waals surface area contributed by atoms with Crippen molar-refractivity contribution >= 4 is 35.4 Å². The van der Waals surface area contributed by atoms with E-state index < -0.39 is 31.0 Å². The summed E-state index contributed by atoms with van der Waals surface area (Å²) in [5, 5.41) is 3.41. The van der Waals surface area contributed by atoms with E-state index in [1.165, 1.54) is 75.8 Å². The molecule has 6 aromatic rings. The molecule has 0 saturated heterocycles. The van der Waals surface area contributed by atoms with Crippen molar-refractivity contribution in [3.63, 3.8) is 0 Å². The fraction of sp³-hybridized carbons (Fsp3) is 0.259. The van der Waals surface area contributed by atoms with Gasteiger partial charge in [0, 0.05) is 0 Å². The summed E-state index contributed by atoms with van der Waals surface area (Å²) in [5.41, 5.74) is 21.5. The Kier molecular flexibility index (Phi) is 11.0. The minimum atomic E-state index is -3.09. The van der Waals surface area contributed by atoms with Crippen molar-refractivity contribution < 1.29 is 21.4 Å². The van der Waals surface area contributed by atoms with E-state index in [9.17, 15) is 0 Å². The summed E-state index contributed by atoms with van der Waals surface area (Å²) in [5.74, 6) is 0. The summed E-state index contributed by atoms with van der Waals surface area (Å²) in [6.07, 6.45) is 14.7. The SMILES string of the molecule is CCCC1=Cc2c(-c3ccccc3CCC)cccc2[CH]1[Hf]([c]1cccc2c1[SiH2]c1ccccc1-2)[CH]1C(CCC)=Cc2c(-c3ccccc3CCC)cccc21. The first-order chi connectivity index (χ1) is 27.6. The Bertz CT molecular complexity index is 2360. The maximum atomic E-state index is 2.71. The zero-order valence-electron chi connectivity index (χ0n) is 33.8. The summed E-state index contributed by atoms with van der Waals surface area (Å²) < 4.78 is 2.86. The molecule has 0 saturated carbocycles. The molecular formula is C54H55HfSi. The fourth-order valence-corrected chi connectivity index (χ4v) is 30.1. The Balaban J connectivity index is 1.30. The summed E-state index contributed by atoms with van der Waals surface area (Å²) in [4.78, 5) is 0. The number of allylic oxidation sites excluding steroid dienone is 2. The number of aryl methyl sites for hydroxylation is 2. The molecule has 2 heteroatoms. The number of hydrogen-bond donors (Lipinski definition) is 0. The zero-order valence-corrected chi connectivity index (χ0v) is 38.8. The van der Waals surface area contributed by atoms with Crippen LogP contribution in [0.25, 0.3) is 45.5 Å². The van der Waals surface area contributed by atoms with Crippen molar-refractivity contribution in [1.29, 1.82) is 0 Å². The third kappa shape index (κ3) is 6.55. The van der Waals surface area contributed by atoms with E-state index in [1.807, 2.05) is 3.32 Å². The zero-order chi connectivity index (χ0) is 38.2. The van der Waals surface area contributed by atoms with Crippen LogP contribution in [0.3, 0.4) is 0 Å². The first-order valence-electron chi connectivity index (χ1n) is 21.6. The minimum absolute atomic E-state index is 0.518. The predicted octanol–water partition coefficient (Wildman–Crippen LogP) is 12.1. The van der Waals surface area contributed by atoms with Crippen molar-refractivity contribution in [1.82, 2.24) is 0 Å². The average Bonchev–Trinajstić information content (AvgIpc) is 3.91. The van der Waals surface area contributed by atoms with Gasteiger partial charge in [-0.1, -0.05) is 0 Å². The Morgan fingerprint density at radius 2 is 0.875 bits per heavy atom. The molecule has 2 aliphatic carbocycles. The van der Waals surface area contributed by atoms with Gasteiger partial charge in [-0.25, -0.2) is 0 Å². The molecule has 0 nitrogen and oxygen atoms in total. The molecule has 2 atom stereocenters. The standard InChI is InChI=1S/2C21H23.C12H9Si.Hf/c2*1-3-8-16-14-18-11-7-13-20(21(18)15-16)19-12-6-5-10-17(19)9-4-2;1-3-7-11-9(5-1)10-6-2-4-8-12(10)13-11;/h2*5-7,10-15H,3-4,8-9H2,1-2H3;1-7H,13H2;. The van der Waals surface area contributed by atoms with Crippen LogP contribution in [0.4, 0.5) is 0 Å². The van der Waals surface area contributed by atoms with Gasteiger partial charge in [-0.15, -0.1) is 0 Å². The van der Waals surface area contributed by atoms with Crippen LogP contribution in [0.1, 0.15) is 107 Å². The maximum absolute atomic E-state index is 3.09. The Labute approximate surface area is 346 Å². The number of hydrogen-bond acceptors (Lipinski definition) is 0. The molecule has 56 heavy (non-hydrogen) atoms. The van der Waals surface area contributed by atoms with Crippen molar-refractivity contribution in [3.8, 4) is 33.4 Å². The second-order valence-electron chi connectivity index (χ2n) is 16.4. The quantitative estimate of drug-likeness (QED) is 0.101. The molecule has 2 unspecified atom stereocenters. The van der Waals surface area contributed by atoms with Crippen molar-refractivity contribution in [3.05, 3.63) is 172 Å². The van der Waals surface area contributed by atoms with Gasteiger partial charge in [0.15, 0.2) is 0 Å². The van der Waals surface area contributed by atoms with Crippen LogP contribution in [0, 0.1) is 0 Å². The summed E-state index contributed by atoms with van der Waals surface area (Å²) in [6.45, 7) is 9.44. The fourth-order valence-electron chi connectivity index (χ4n) is 10.6. The van der Waals surface area contributed by atoms with Gasteiger partial charge < -0.3 is 0 Å². The molecule has 0 spiro atoms. The van der Waals surface area contributed by atoms with E-state index in [4.69, 9.17) is 0 Å². The van der Waals surface area contributed by atoms with Gasteiger partial charge in [-0.3, -0.25) is 0 Å². The van der Waals surface area contributed by atoms with E-state index in [0.717, 1.165) is 25.7 Å². The normalized spacial score (nSPS) is 16.6. The van der Waals surface area contributed by atoms with Gasteiger partial charge in [0.25, 0.3) is 0 Å². The van der Waals surface area contributed by atoms with Crippen LogP contribution < -0.4 is 13.7 Å². The summed E-state index contributed by atoms with van der Waals surface area (Å²) >= 11 is -3.09. The van der Waals surface area contributed by atoms with E-state index >= 15 is 0 Å². The van der Waals surface area contributed by atoms with E-state index in [-0.39, 0.29) is 0 Å². The monoisotopic (exact) mass is 911 g/mol. The van der Waals surface area contributed by atoms with Gasteiger partial charge in [0.1, 0.15) is 0 Å². The number of benzene rings is 6. The molecule has 0 radical (unpaired) electrons. The second-order valence-corrected chi connectivity index (χ2v) is 27.5. The van der Waals surface area contributed by atoms with Crippen LogP contribution in [-0.2, 0) is 34.3 Å². The van der Waals surface area contributed by atoms with Crippen LogP contribution in [-0.4, -0.2) is 9.52 Å². The van der Waals surface area contributed by atoms with Crippen molar-refractivity contribution in [2.24, 2.45) is 0 Å². The van der Waals surface area contributed by atoms with E-state index in [1.54, 1.807) is 38.2 Å². The molecule has 0 aromatic heterocycles. The third-order valence-corrected chi connectivity index (χ3v) is 29.5. The Hall–Kier alpha value is -4.11. The molecule has 0 bridgehead atoms. The van der Waals surface area contributed by atoms with Gasteiger partial charge in [-0.2, -0.15) is 0 Å². The van der Waals surface area contributed by atoms with Gasteiger partial charge in [0.2, 0.25) is 0 Å². The van der Waals surface area contributed by atoms with E-state index in [0.29, 0.717) is 7.35 Å². The molecule has 6 aromatic carbocycles. The molecule has 0 N–H and O–H groups in total. The Morgan fingerprint density at radius 1 is 0.429 bits per heavy atom. The predicted molar refractivity (Wildman–Crippen MR) is 242 cm³/mol. The van der Waals surface area contributed by atoms with Gasteiger partial charge in [0.05, 0.1) is 0 Å². The molecule has 0 fully saturated rings. The summed E-state index contributed by atoms with van der Waals surface area (Å²) in [6, 6.07) is 50.2. The molecule has 1 aliphatic heterocycles. The third-order valence-electron chi connectivity index (χ3n) is 12.8. The topological polar surface area (TPSA) is 0 Å². The van der Waals surface area contributed by atoms with Gasteiger partial charge >= 0.3 is 349 Å². The van der Waals surface area contributed by atoms with Gasteiger partial charge in [-0.05, 0) is 0 Å². The van der Waals surface area contributed by atoms with Crippen molar-refractivity contribution in [2.45, 2.75) is 86.4 Å². The second kappa shape index (κ2) is 16.4. The first kappa shape index (κ1) is 37.5. The van der Waals surface area contributed by atoms with Crippen LogP contribution in [0.2, 0.25) is 0 Å². The summed E-state index contributed by atoms with van der Waals surface area (Å²) in [7, 11) is -0.601.